The minimum absolute atomic E-state index is 0. The Morgan fingerprint density at radius 1 is 1.27 bits per heavy atom. The molecule has 5 N–H and O–H groups in total. The van der Waals surface area contributed by atoms with Crippen molar-refractivity contribution in [1.29, 1.82) is 0 Å². The van der Waals surface area contributed by atoms with Crippen LogP contribution in [0.1, 0.15) is 13.8 Å². The van der Waals surface area contributed by atoms with E-state index in [1.165, 1.54) is 13.8 Å². The highest BCUT2D eigenvalue weighted by atomic mass is 16.3. The Morgan fingerprint density at radius 3 is 1.45 bits per heavy atom. The van der Waals surface area contributed by atoms with Gasteiger partial charge in [0.2, 0.25) is 0 Å². The van der Waals surface area contributed by atoms with Crippen LogP contribution >= 0.6 is 0 Å². The number of aliphatic hydroxyl groups excluding tert-OH is 3. The molecule has 0 bridgehead atoms. The summed E-state index contributed by atoms with van der Waals surface area (Å²) in [5.41, 5.74) is 0. The zero-order chi connectivity index (χ0) is 8.57. The van der Waals surface area contributed by atoms with Crippen LogP contribution in [0.15, 0.2) is 0 Å². The first-order valence-corrected chi connectivity index (χ1v) is 2.91. The maximum atomic E-state index is 9.44. The van der Waals surface area contributed by atoms with Crippen molar-refractivity contribution < 1.29 is 25.6 Å². The average Bonchev–Trinajstić information content (AvgIpc) is 1.85. The molecule has 0 rings (SSSR count). The van der Waals surface area contributed by atoms with Crippen molar-refractivity contribution in [2.24, 2.45) is 0 Å². The third-order valence-corrected chi connectivity index (χ3v) is 0.421. The first-order valence-electron chi connectivity index (χ1n) is 2.91. The summed E-state index contributed by atoms with van der Waals surface area (Å²) in [7, 11) is 0. The third-order valence-electron chi connectivity index (χ3n) is 0.421. The van der Waals surface area contributed by atoms with E-state index >= 15 is 0 Å². The zero-order valence-electron chi connectivity index (χ0n) is 6.74. The van der Waals surface area contributed by atoms with Gasteiger partial charge in [0.1, 0.15) is 11.9 Å². The summed E-state index contributed by atoms with van der Waals surface area (Å²) >= 11 is 0. The quantitative estimate of drug-likeness (QED) is 0.447. The molecule has 5 heteroatoms. The Morgan fingerprint density at radius 2 is 1.45 bits per heavy atom. The average molecular weight is 168 g/mol. The Bertz CT molecular complexity index is 75.0. The zero-order valence-corrected chi connectivity index (χ0v) is 6.74. The molecule has 0 saturated carbocycles. The fourth-order valence-electron chi connectivity index (χ4n) is 0.0577. The summed E-state index contributed by atoms with van der Waals surface area (Å²) in [6.07, 6.45) is -0.954. The van der Waals surface area contributed by atoms with Crippen LogP contribution in [0.25, 0.3) is 0 Å². The number of aliphatic hydroxyl groups is 3. The topological polar surface area (TPSA) is 109 Å². The van der Waals surface area contributed by atoms with E-state index in [0.717, 1.165) is 0 Å². The molecule has 11 heavy (non-hydrogen) atoms. The van der Waals surface area contributed by atoms with E-state index in [1.54, 1.807) is 0 Å². The van der Waals surface area contributed by atoms with Gasteiger partial charge in [-0.3, -0.25) is 0 Å². The summed E-state index contributed by atoms with van der Waals surface area (Å²) < 4.78 is 0. The number of hydrogen-bond donors (Lipinski definition) is 3. The SMILES string of the molecule is CC(C)=O.O.OCC(O)CO. The molecule has 70 valence electrons. The largest absolute Gasteiger partial charge is 0.412 e. The van der Waals surface area contributed by atoms with Crippen LogP contribution in [-0.4, -0.2) is 45.9 Å². The second kappa shape index (κ2) is 12.2. The molecule has 0 radical (unpaired) electrons. The molecular weight excluding hydrogens is 152 g/mol. The Kier molecular flexibility index (Phi) is 18.7. The Labute approximate surface area is 65.6 Å². The smallest absolute Gasteiger partial charge is 0.126 e. The van der Waals surface area contributed by atoms with Crippen molar-refractivity contribution >= 4 is 5.78 Å². The number of Topliss-reactive ketones (excluding diaryl/α,β-unsaturated/α-hetero) is 1. The lowest BCUT2D eigenvalue weighted by Gasteiger charge is -1.96. The highest BCUT2D eigenvalue weighted by molar-refractivity contribution is 5.72. The lowest BCUT2D eigenvalue weighted by atomic mass is 10.4. The van der Waals surface area contributed by atoms with Gasteiger partial charge >= 0.3 is 0 Å². The monoisotopic (exact) mass is 168 g/mol. The highest BCUT2D eigenvalue weighted by Crippen LogP contribution is 1.71. The molecule has 0 aromatic carbocycles. The molecule has 0 fully saturated rings. The van der Waals surface area contributed by atoms with Crippen molar-refractivity contribution in [1.82, 2.24) is 0 Å². The maximum Gasteiger partial charge on any atom is 0.126 e. The van der Waals surface area contributed by atoms with Gasteiger partial charge in [-0.2, -0.15) is 0 Å². The number of ketones is 1. The van der Waals surface area contributed by atoms with E-state index < -0.39 is 6.10 Å². The predicted molar refractivity (Wildman–Crippen MR) is 40.1 cm³/mol. The van der Waals surface area contributed by atoms with Gasteiger partial charge in [-0.15, -0.1) is 0 Å². The minimum Gasteiger partial charge on any atom is -0.412 e. The van der Waals surface area contributed by atoms with E-state index in [0.29, 0.717) is 0 Å². The second-order valence-corrected chi connectivity index (χ2v) is 1.93. The van der Waals surface area contributed by atoms with Gasteiger partial charge in [-0.05, 0) is 13.8 Å². The van der Waals surface area contributed by atoms with Gasteiger partial charge in [-0.1, -0.05) is 0 Å². The number of hydrogen-bond acceptors (Lipinski definition) is 4. The molecule has 0 amide bonds. The van der Waals surface area contributed by atoms with E-state index in [2.05, 4.69) is 0 Å². The molecule has 0 aromatic heterocycles. The number of carbonyl (C=O) groups is 1. The van der Waals surface area contributed by atoms with E-state index in [9.17, 15) is 4.79 Å². The number of carbonyl (C=O) groups excluding carboxylic acids is 1. The van der Waals surface area contributed by atoms with Crippen LogP contribution in [0, 0.1) is 0 Å². The molecule has 0 aliphatic carbocycles. The highest BCUT2D eigenvalue weighted by Gasteiger charge is 1.93. The van der Waals surface area contributed by atoms with E-state index in [4.69, 9.17) is 15.3 Å². The van der Waals surface area contributed by atoms with Crippen LogP contribution in [0.2, 0.25) is 0 Å². The summed E-state index contributed by atoms with van der Waals surface area (Å²) in [6.45, 7) is 2.33. The standard InChI is InChI=1S/C3H8O3.C3H6O.H2O/c4-1-3(6)2-5;1-3(2)4;/h3-6H,1-2H2;1-2H3;1H2. The van der Waals surface area contributed by atoms with E-state index in [1.807, 2.05) is 0 Å². The summed E-state index contributed by atoms with van der Waals surface area (Å²) in [5.74, 6) is 0.167. The van der Waals surface area contributed by atoms with Crippen molar-refractivity contribution in [2.75, 3.05) is 13.2 Å². The second-order valence-electron chi connectivity index (χ2n) is 1.93. The van der Waals surface area contributed by atoms with Crippen LogP contribution in [0.4, 0.5) is 0 Å². The van der Waals surface area contributed by atoms with Crippen molar-refractivity contribution in [2.45, 2.75) is 20.0 Å². The van der Waals surface area contributed by atoms with Gasteiger partial charge < -0.3 is 25.6 Å². The fourth-order valence-corrected chi connectivity index (χ4v) is 0.0577. The van der Waals surface area contributed by atoms with Gasteiger partial charge in [0.15, 0.2) is 0 Å². The molecule has 0 atom stereocenters. The molecule has 0 aliphatic heterocycles. The molecule has 0 heterocycles. The summed E-state index contributed by atoms with van der Waals surface area (Å²) in [5, 5.41) is 24.0. The van der Waals surface area contributed by atoms with Crippen LogP contribution in [0.5, 0.6) is 0 Å². The first-order chi connectivity index (χ1) is 4.54. The normalized spacial score (nSPS) is 7.82. The summed E-state index contributed by atoms with van der Waals surface area (Å²) in [4.78, 5) is 9.44. The lowest BCUT2D eigenvalue weighted by molar-refractivity contribution is -0.114. The van der Waals surface area contributed by atoms with Gasteiger partial charge in [-0.25, -0.2) is 0 Å². The molecule has 0 aromatic rings. The van der Waals surface area contributed by atoms with Crippen LogP contribution < -0.4 is 0 Å². The van der Waals surface area contributed by atoms with Crippen molar-refractivity contribution in [3.63, 3.8) is 0 Å². The predicted octanol–water partition coefficient (Wildman–Crippen LogP) is -1.90. The van der Waals surface area contributed by atoms with Crippen molar-refractivity contribution in [3.8, 4) is 0 Å². The molecule has 0 aliphatic rings. The first kappa shape index (κ1) is 16.9. The summed E-state index contributed by atoms with van der Waals surface area (Å²) in [6, 6.07) is 0. The van der Waals surface area contributed by atoms with Gasteiger partial charge in [0, 0.05) is 0 Å². The molecule has 0 unspecified atom stereocenters. The van der Waals surface area contributed by atoms with Crippen LogP contribution in [0.3, 0.4) is 0 Å². The lowest BCUT2D eigenvalue weighted by Crippen LogP contribution is -2.15. The third kappa shape index (κ3) is 43.5. The molecule has 0 spiro atoms. The van der Waals surface area contributed by atoms with Gasteiger partial charge in [0.05, 0.1) is 13.2 Å². The molecule has 0 saturated heterocycles. The van der Waals surface area contributed by atoms with E-state index in [-0.39, 0.29) is 24.5 Å². The Balaban J connectivity index is -0.000000114. The van der Waals surface area contributed by atoms with Crippen molar-refractivity contribution in [3.05, 3.63) is 0 Å². The Hall–Kier alpha value is -0.490. The minimum atomic E-state index is -0.954. The maximum absolute atomic E-state index is 9.44. The van der Waals surface area contributed by atoms with Gasteiger partial charge in [0.25, 0.3) is 0 Å². The van der Waals surface area contributed by atoms with Crippen LogP contribution in [-0.2, 0) is 4.79 Å². The fraction of sp³-hybridized carbons (Fsp3) is 0.833. The number of rotatable bonds is 2. The molecular formula is C6H16O5. The molecule has 5 nitrogen and oxygen atoms in total.